The van der Waals surface area contributed by atoms with Crippen molar-refractivity contribution in [3.8, 4) is 0 Å². The predicted octanol–water partition coefficient (Wildman–Crippen LogP) is 1.21. The highest BCUT2D eigenvalue weighted by Gasteiger charge is 2.23. The van der Waals surface area contributed by atoms with E-state index in [0.717, 1.165) is 6.07 Å². The minimum Gasteiger partial charge on any atom is -0.465 e. The molecule has 0 aromatic heterocycles. The molecule has 2 N–H and O–H groups in total. The Morgan fingerprint density at radius 3 is 2.95 bits per heavy atom. The maximum Gasteiger partial charge on any atom is 0.337 e. The molecule has 1 fully saturated rings. The van der Waals surface area contributed by atoms with E-state index in [1.165, 1.54) is 19.2 Å². The van der Waals surface area contributed by atoms with E-state index in [4.69, 9.17) is 0 Å². The van der Waals surface area contributed by atoms with Crippen molar-refractivity contribution in [1.82, 2.24) is 5.32 Å². The first kappa shape index (κ1) is 13.8. The van der Waals surface area contributed by atoms with Crippen LogP contribution in [0.4, 0.5) is 10.1 Å². The van der Waals surface area contributed by atoms with E-state index in [0.29, 0.717) is 11.6 Å². The summed E-state index contributed by atoms with van der Waals surface area (Å²) in [6.45, 7) is 0. The monoisotopic (exact) mass is 284 g/mol. The second kappa shape index (κ2) is 6.03. The zero-order valence-electron chi connectivity index (χ0n) is 10.2. The summed E-state index contributed by atoms with van der Waals surface area (Å²) in [7, 11) is 1.24. The van der Waals surface area contributed by atoms with Crippen molar-refractivity contribution in [2.45, 2.75) is 6.04 Å². The minimum absolute atomic E-state index is 0.0217. The van der Waals surface area contributed by atoms with Crippen LogP contribution < -0.4 is 10.6 Å². The Bertz CT molecular complexity index is 504. The van der Waals surface area contributed by atoms with Crippen LogP contribution in [0.25, 0.3) is 0 Å². The van der Waals surface area contributed by atoms with Crippen LogP contribution in [0.15, 0.2) is 18.2 Å². The van der Waals surface area contributed by atoms with Gasteiger partial charge in [0.15, 0.2) is 0 Å². The number of ether oxygens (including phenoxy) is 1. The fraction of sp³-hybridized carbons (Fsp3) is 0.333. The highest BCUT2D eigenvalue weighted by atomic mass is 32.2. The molecule has 1 unspecified atom stereocenters. The molecule has 1 amide bonds. The van der Waals surface area contributed by atoms with Crippen LogP contribution in [-0.4, -0.2) is 36.7 Å². The van der Waals surface area contributed by atoms with Gasteiger partial charge in [-0.3, -0.25) is 10.1 Å². The molecule has 1 aliphatic rings. The van der Waals surface area contributed by atoms with Gasteiger partial charge in [-0.1, -0.05) is 0 Å². The van der Waals surface area contributed by atoms with Gasteiger partial charge in [-0.25, -0.2) is 9.18 Å². The van der Waals surface area contributed by atoms with E-state index in [9.17, 15) is 14.0 Å². The quantitative estimate of drug-likeness (QED) is 0.817. The first-order chi connectivity index (χ1) is 9.11. The summed E-state index contributed by atoms with van der Waals surface area (Å²) in [5.74, 6) is -0.143. The van der Waals surface area contributed by atoms with Crippen molar-refractivity contribution in [3.63, 3.8) is 0 Å². The largest absolute Gasteiger partial charge is 0.465 e. The SMILES string of the molecule is COC(=O)c1ccc(F)c(NC(=O)C2CSCN2)c1. The molecule has 1 aromatic rings. The van der Waals surface area contributed by atoms with Crippen LogP contribution >= 0.6 is 11.8 Å². The molecule has 1 aromatic carbocycles. The number of thioether (sulfide) groups is 1. The molecule has 7 heteroatoms. The number of hydrogen-bond donors (Lipinski definition) is 2. The zero-order valence-corrected chi connectivity index (χ0v) is 11.1. The Morgan fingerprint density at radius 1 is 1.53 bits per heavy atom. The number of carbonyl (C=O) groups excluding carboxylic acids is 2. The maximum atomic E-state index is 13.6. The highest BCUT2D eigenvalue weighted by molar-refractivity contribution is 7.99. The summed E-state index contributed by atoms with van der Waals surface area (Å²) >= 11 is 1.60. The molecule has 0 bridgehead atoms. The lowest BCUT2D eigenvalue weighted by atomic mass is 10.2. The minimum atomic E-state index is -0.591. The molecule has 1 aliphatic heterocycles. The van der Waals surface area contributed by atoms with Gasteiger partial charge < -0.3 is 10.1 Å². The number of anilines is 1. The van der Waals surface area contributed by atoms with Crippen molar-refractivity contribution in [3.05, 3.63) is 29.6 Å². The van der Waals surface area contributed by atoms with Gasteiger partial charge in [-0.2, -0.15) is 0 Å². The van der Waals surface area contributed by atoms with E-state index < -0.39 is 11.8 Å². The number of methoxy groups -OCH3 is 1. The van der Waals surface area contributed by atoms with Crippen LogP contribution in [0.5, 0.6) is 0 Å². The Kier molecular flexibility index (Phi) is 4.39. The fourth-order valence-electron chi connectivity index (χ4n) is 1.65. The van der Waals surface area contributed by atoms with Crippen LogP contribution in [-0.2, 0) is 9.53 Å². The number of halogens is 1. The third kappa shape index (κ3) is 3.24. The Morgan fingerprint density at radius 2 is 2.32 bits per heavy atom. The molecule has 1 atom stereocenters. The summed E-state index contributed by atoms with van der Waals surface area (Å²) in [6, 6.07) is 3.35. The number of benzene rings is 1. The highest BCUT2D eigenvalue weighted by Crippen LogP contribution is 2.18. The third-order valence-corrected chi connectivity index (χ3v) is 3.62. The second-order valence-electron chi connectivity index (χ2n) is 3.95. The lowest BCUT2D eigenvalue weighted by Crippen LogP contribution is -2.37. The number of nitrogens with one attached hydrogen (secondary N) is 2. The van der Waals surface area contributed by atoms with Crippen molar-refractivity contribution in [2.24, 2.45) is 0 Å². The van der Waals surface area contributed by atoms with Crippen LogP contribution in [0.1, 0.15) is 10.4 Å². The Hall–Kier alpha value is -1.60. The van der Waals surface area contributed by atoms with Gasteiger partial charge in [0.05, 0.1) is 24.4 Å². The van der Waals surface area contributed by atoms with E-state index in [2.05, 4.69) is 15.4 Å². The van der Waals surface area contributed by atoms with Gasteiger partial charge in [0.25, 0.3) is 0 Å². The van der Waals surface area contributed by atoms with Crippen molar-refractivity contribution >= 4 is 29.3 Å². The van der Waals surface area contributed by atoms with Crippen LogP contribution in [0.3, 0.4) is 0 Å². The number of carbonyl (C=O) groups is 2. The summed E-state index contributed by atoms with van der Waals surface area (Å²) in [4.78, 5) is 23.2. The van der Waals surface area contributed by atoms with Crippen molar-refractivity contribution in [2.75, 3.05) is 24.1 Å². The molecule has 102 valence electrons. The summed E-state index contributed by atoms with van der Waals surface area (Å²) in [5.41, 5.74) is 0.166. The number of hydrogen-bond acceptors (Lipinski definition) is 5. The normalized spacial score (nSPS) is 18.1. The van der Waals surface area contributed by atoms with Gasteiger partial charge >= 0.3 is 5.97 Å². The van der Waals surface area contributed by atoms with E-state index in [1.54, 1.807) is 11.8 Å². The van der Waals surface area contributed by atoms with Gasteiger partial charge in [-0.05, 0) is 18.2 Å². The number of amides is 1. The molecule has 2 rings (SSSR count). The molecule has 1 saturated heterocycles. The summed E-state index contributed by atoms with van der Waals surface area (Å²) in [6.07, 6.45) is 0. The third-order valence-electron chi connectivity index (χ3n) is 2.68. The molecule has 19 heavy (non-hydrogen) atoms. The topological polar surface area (TPSA) is 67.4 Å². The standard InChI is InChI=1S/C12H13FN2O3S/c1-18-12(17)7-2-3-8(13)9(4-7)15-11(16)10-5-19-6-14-10/h2-4,10,14H,5-6H2,1H3,(H,15,16). The smallest absolute Gasteiger partial charge is 0.337 e. The molecular weight excluding hydrogens is 271 g/mol. The summed E-state index contributed by atoms with van der Waals surface area (Å²) in [5, 5.41) is 5.46. The Balaban J connectivity index is 2.14. The molecule has 1 heterocycles. The second-order valence-corrected chi connectivity index (χ2v) is 4.98. The Labute approximate surface area is 113 Å². The average molecular weight is 284 g/mol. The maximum absolute atomic E-state index is 13.6. The van der Waals surface area contributed by atoms with Gasteiger partial charge in [0, 0.05) is 11.6 Å². The molecule has 0 saturated carbocycles. The average Bonchev–Trinajstić information content (AvgIpc) is 2.94. The number of rotatable bonds is 3. The molecular formula is C12H13FN2O3S. The zero-order chi connectivity index (χ0) is 13.8. The molecule has 0 aliphatic carbocycles. The molecule has 0 radical (unpaired) electrons. The first-order valence-corrected chi connectivity index (χ1v) is 6.77. The van der Waals surface area contributed by atoms with E-state index in [-0.39, 0.29) is 23.2 Å². The first-order valence-electron chi connectivity index (χ1n) is 5.61. The van der Waals surface area contributed by atoms with E-state index >= 15 is 0 Å². The van der Waals surface area contributed by atoms with Gasteiger partial charge in [0.2, 0.25) is 5.91 Å². The predicted molar refractivity (Wildman–Crippen MR) is 70.6 cm³/mol. The lowest BCUT2D eigenvalue weighted by molar-refractivity contribution is -0.117. The van der Waals surface area contributed by atoms with Gasteiger partial charge in [0.1, 0.15) is 5.82 Å². The molecule has 5 nitrogen and oxygen atoms in total. The van der Waals surface area contributed by atoms with E-state index in [1.807, 2.05) is 0 Å². The van der Waals surface area contributed by atoms with Crippen molar-refractivity contribution < 1.29 is 18.7 Å². The van der Waals surface area contributed by atoms with Gasteiger partial charge in [-0.15, -0.1) is 11.8 Å². The molecule has 0 spiro atoms. The van der Waals surface area contributed by atoms with Crippen LogP contribution in [0.2, 0.25) is 0 Å². The number of esters is 1. The summed E-state index contributed by atoms with van der Waals surface area (Å²) < 4.78 is 18.1. The van der Waals surface area contributed by atoms with Crippen molar-refractivity contribution in [1.29, 1.82) is 0 Å². The lowest BCUT2D eigenvalue weighted by Gasteiger charge is -2.11. The fourth-order valence-corrected chi connectivity index (χ4v) is 2.59. The van der Waals surface area contributed by atoms with Crippen LogP contribution in [0, 0.1) is 5.82 Å².